The minimum Gasteiger partial charge on any atom is -0.508 e. The van der Waals surface area contributed by atoms with Crippen molar-refractivity contribution in [2.75, 3.05) is 5.32 Å². The molecule has 5 rings (SSSR count). The van der Waals surface area contributed by atoms with Crippen LogP contribution in [-0.2, 0) is 0 Å². The SMILES string of the molecule is O=c1c(Sc2ccccc2)cc2cnc(Nc3ccc(O)cc3)nc2n1C1CCCC1. The van der Waals surface area contributed by atoms with Gasteiger partial charge in [0.05, 0.1) is 4.90 Å². The van der Waals surface area contributed by atoms with Crippen LogP contribution in [0.3, 0.4) is 0 Å². The maximum absolute atomic E-state index is 13.5. The van der Waals surface area contributed by atoms with Gasteiger partial charge in [0.1, 0.15) is 11.4 Å². The summed E-state index contributed by atoms with van der Waals surface area (Å²) in [7, 11) is 0. The zero-order valence-electron chi connectivity index (χ0n) is 16.9. The summed E-state index contributed by atoms with van der Waals surface area (Å²) in [5.74, 6) is 0.622. The molecule has 156 valence electrons. The van der Waals surface area contributed by atoms with Gasteiger partial charge in [-0.25, -0.2) is 4.98 Å². The second-order valence-electron chi connectivity index (χ2n) is 7.68. The number of phenolic OH excluding ortho intramolecular Hbond substituents is 1. The molecule has 0 amide bonds. The summed E-state index contributed by atoms with van der Waals surface area (Å²) in [6, 6.07) is 18.7. The van der Waals surface area contributed by atoms with E-state index in [0.29, 0.717) is 16.5 Å². The number of nitrogens with one attached hydrogen (secondary N) is 1. The smallest absolute Gasteiger partial charge is 0.266 e. The number of hydrogen-bond donors (Lipinski definition) is 2. The highest BCUT2D eigenvalue weighted by Gasteiger charge is 2.23. The fourth-order valence-corrected chi connectivity index (χ4v) is 4.94. The van der Waals surface area contributed by atoms with Crippen molar-refractivity contribution < 1.29 is 5.11 Å². The highest BCUT2D eigenvalue weighted by atomic mass is 32.2. The molecule has 6 nitrogen and oxygen atoms in total. The van der Waals surface area contributed by atoms with E-state index in [2.05, 4.69) is 10.3 Å². The molecule has 31 heavy (non-hydrogen) atoms. The van der Waals surface area contributed by atoms with E-state index in [1.54, 1.807) is 30.5 Å². The largest absolute Gasteiger partial charge is 0.508 e. The van der Waals surface area contributed by atoms with Crippen LogP contribution in [0.4, 0.5) is 11.6 Å². The molecule has 0 atom stereocenters. The number of benzene rings is 2. The third kappa shape index (κ3) is 4.14. The van der Waals surface area contributed by atoms with Gasteiger partial charge >= 0.3 is 0 Å². The number of phenols is 1. The number of rotatable bonds is 5. The monoisotopic (exact) mass is 430 g/mol. The predicted octanol–water partition coefficient (Wildman–Crippen LogP) is 5.51. The Morgan fingerprint density at radius 3 is 2.52 bits per heavy atom. The van der Waals surface area contributed by atoms with Crippen molar-refractivity contribution >= 4 is 34.4 Å². The molecule has 4 aromatic rings. The predicted molar refractivity (Wildman–Crippen MR) is 123 cm³/mol. The molecule has 2 heterocycles. The zero-order chi connectivity index (χ0) is 21.2. The number of aromatic hydroxyl groups is 1. The first kappa shape index (κ1) is 19.6. The topological polar surface area (TPSA) is 80.0 Å². The Labute approximate surface area is 184 Å². The summed E-state index contributed by atoms with van der Waals surface area (Å²) >= 11 is 1.48. The molecule has 0 radical (unpaired) electrons. The van der Waals surface area contributed by atoms with Gasteiger partial charge in [0.25, 0.3) is 5.56 Å². The molecule has 2 aromatic carbocycles. The lowest BCUT2D eigenvalue weighted by molar-refractivity contribution is 0.475. The van der Waals surface area contributed by atoms with E-state index in [-0.39, 0.29) is 17.4 Å². The third-order valence-corrected chi connectivity index (χ3v) is 6.54. The lowest BCUT2D eigenvalue weighted by Gasteiger charge is -2.18. The van der Waals surface area contributed by atoms with Crippen LogP contribution >= 0.6 is 11.8 Å². The van der Waals surface area contributed by atoms with Crippen molar-refractivity contribution in [3.05, 3.63) is 77.2 Å². The van der Waals surface area contributed by atoms with Gasteiger partial charge in [-0.1, -0.05) is 42.8 Å². The Morgan fingerprint density at radius 2 is 1.77 bits per heavy atom. The van der Waals surface area contributed by atoms with Gasteiger partial charge in [-0.2, -0.15) is 4.98 Å². The summed E-state index contributed by atoms with van der Waals surface area (Å²) in [5, 5.41) is 13.5. The second kappa shape index (κ2) is 8.43. The third-order valence-electron chi connectivity index (χ3n) is 5.52. The summed E-state index contributed by atoms with van der Waals surface area (Å²) < 4.78 is 1.87. The van der Waals surface area contributed by atoms with Crippen molar-refractivity contribution in [3.8, 4) is 5.75 Å². The van der Waals surface area contributed by atoms with Gasteiger partial charge in [0, 0.05) is 28.2 Å². The minimum absolute atomic E-state index is 0.00235. The summed E-state index contributed by atoms with van der Waals surface area (Å²) in [6.45, 7) is 0. The van der Waals surface area contributed by atoms with E-state index in [0.717, 1.165) is 41.7 Å². The molecule has 1 aliphatic rings. The van der Waals surface area contributed by atoms with Crippen molar-refractivity contribution in [1.82, 2.24) is 14.5 Å². The number of hydrogen-bond acceptors (Lipinski definition) is 6. The highest BCUT2D eigenvalue weighted by Crippen LogP contribution is 2.33. The van der Waals surface area contributed by atoms with Gasteiger partial charge in [0.2, 0.25) is 5.95 Å². The van der Waals surface area contributed by atoms with Crippen LogP contribution in [0, 0.1) is 0 Å². The van der Waals surface area contributed by atoms with E-state index in [4.69, 9.17) is 4.98 Å². The quantitative estimate of drug-likeness (QED) is 0.407. The van der Waals surface area contributed by atoms with Gasteiger partial charge < -0.3 is 10.4 Å². The molecule has 0 spiro atoms. The lowest BCUT2D eigenvalue weighted by Crippen LogP contribution is -2.26. The van der Waals surface area contributed by atoms with Crippen LogP contribution in [0.2, 0.25) is 0 Å². The fourth-order valence-electron chi connectivity index (χ4n) is 4.02. The van der Waals surface area contributed by atoms with E-state index in [1.807, 2.05) is 41.0 Å². The molecule has 7 heteroatoms. The minimum atomic E-state index is 0.00235. The Hall–Kier alpha value is -3.32. The van der Waals surface area contributed by atoms with Gasteiger partial charge in [-0.15, -0.1) is 0 Å². The number of nitrogens with zero attached hydrogens (tertiary/aromatic N) is 3. The Balaban J connectivity index is 1.59. The van der Waals surface area contributed by atoms with Crippen LogP contribution in [-0.4, -0.2) is 19.6 Å². The van der Waals surface area contributed by atoms with Crippen molar-refractivity contribution in [3.63, 3.8) is 0 Å². The van der Waals surface area contributed by atoms with Crippen molar-refractivity contribution in [1.29, 1.82) is 0 Å². The average molecular weight is 431 g/mol. The van der Waals surface area contributed by atoms with E-state index >= 15 is 0 Å². The molecular weight excluding hydrogens is 408 g/mol. The maximum atomic E-state index is 13.5. The van der Waals surface area contributed by atoms with Gasteiger partial charge in [-0.05, 0) is 55.3 Å². The van der Waals surface area contributed by atoms with Crippen LogP contribution in [0.15, 0.2) is 81.4 Å². The Kier molecular flexibility index (Phi) is 5.34. The first-order chi connectivity index (χ1) is 15.2. The average Bonchev–Trinajstić information content (AvgIpc) is 3.31. The van der Waals surface area contributed by atoms with E-state index in [1.165, 1.54) is 11.8 Å². The van der Waals surface area contributed by atoms with Crippen LogP contribution < -0.4 is 10.9 Å². The first-order valence-electron chi connectivity index (χ1n) is 10.4. The maximum Gasteiger partial charge on any atom is 0.266 e. The van der Waals surface area contributed by atoms with Gasteiger partial charge in [-0.3, -0.25) is 9.36 Å². The second-order valence-corrected chi connectivity index (χ2v) is 8.80. The molecule has 2 aromatic heterocycles. The molecule has 0 saturated heterocycles. The van der Waals surface area contributed by atoms with Crippen LogP contribution in [0.25, 0.3) is 11.0 Å². The molecule has 0 aliphatic heterocycles. The van der Waals surface area contributed by atoms with Crippen LogP contribution in [0.5, 0.6) is 5.75 Å². The van der Waals surface area contributed by atoms with Crippen molar-refractivity contribution in [2.24, 2.45) is 0 Å². The molecular formula is C24H22N4O2S. The van der Waals surface area contributed by atoms with E-state index < -0.39 is 0 Å². The summed E-state index contributed by atoms with van der Waals surface area (Å²) in [6.07, 6.45) is 5.99. The molecule has 1 saturated carbocycles. The van der Waals surface area contributed by atoms with Crippen LogP contribution in [0.1, 0.15) is 31.7 Å². The lowest BCUT2D eigenvalue weighted by atomic mass is 10.2. The van der Waals surface area contributed by atoms with Gasteiger partial charge in [0.15, 0.2) is 0 Å². The number of fused-ring (bicyclic) bond motifs is 1. The van der Waals surface area contributed by atoms with Crippen molar-refractivity contribution in [2.45, 2.75) is 41.5 Å². The Morgan fingerprint density at radius 1 is 1.03 bits per heavy atom. The highest BCUT2D eigenvalue weighted by molar-refractivity contribution is 7.99. The summed E-state index contributed by atoms with van der Waals surface area (Å²) in [4.78, 5) is 24.4. The summed E-state index contributed by atoms with van der Waals surface area (Å²) in [5.41, 5.74) is 1.43. The number of aromatic nitrogens is 3. The molecule has 0 bridgehead atoms. The zero-order valence-corrected chi connectivity index (χ0v) is 17.7. The standard InChI is InChI=1S/C24H22N4O2S/c29-19-12-10-17(11-13-19)26-24-25-15-16-14-21(31-20-8-2-1-3-9-20)23(30)28(22(16)27-24)18-6-4-5-7-18/h1-3,8-15,18,29H,4-7H2,(H,25,26,27). The molecule has 1 fully saturated rings. The fraction of sp³-hybridized carbons (Fsp3) is 0.208. The van der Waals surface area contributed by atoms with E-state index in [9.17, 15) is 9.90 Å². The normalized spacial score (nSPS) is 14.2. The molecule has 2 N–H and O–H groups in total. The molecule has 0 unspecified atom stereocenters. The number of pyridine rings is 1. The number of anilines is 2. The molecule has 1 aliphatic carbocycles. The first-order valence-corrected chi connectivity index (χ1v) is 11.2. The Bertz CT molecular complexity index is 1270.